The molecule has 0 saturated heterocycles. The van der Waals surface area contributed by atoms with E-state index in [1.54, 1.807) is 6.92 Å². The van der Waals surface area contributed by atoms with Crippen LogP contribution < -0.4 is 11.1 Å². The number of nitrogens with one attached hydrogen (secondary N) is 1. The van der Waals surface area contributed by atoms with E-state index in [9.17, 15) is 13.2 Å². The van der Waals surface area contributed by atoms with Crippen molar-refractivity contribution >= 4 is 11.5 Å². The summed E-state index contributed by atoms with van der Waals surface area (Å²) in [7, 11) is 0. The van der Waals surface area contributed by atoms with Crippen LogP contribution in [0.5, 0.6) is 0 Å². The van der Waals surface area contributed by atoms with Gasteiger partial charge in [-0.05, 0) is 19.4 Å². The van der Waals surface area contributed by atoms with Crippen molar-refractivity contribution < 1.29 is 13.2 Å². The Labute approximate surface area is 91.9 Å². The second kappa shape index (κ2) is 4.59. The molecule has 0 aromatic carbocycles. The third kappa shape index (κ3) is 3.96. The number of alkyl halides is 3. The number of nitrogens with two attached hydrogens (primary N) is 1. The van der Waals surface area contributed by atoms with E-state index in [-0.39, 0.29) is 0 Å². The molecule has 1 rings (SSSR count). The third-order valence-corrected chi connectivity index (χ3v) is 2.08. The van der Waals surface area contributed by atoms with Crippen molar-refractivity contribution in [3.63, 3.8) is 0 Å². The summed E-state index contributed by atoms with van der Waals surface area (Å²) in [5.41, 5.74) is 6.93. The van der Waals surface area contributed by atoms with Gasteiger partial charge in [0.2, 0.25) is 0 Å². The molecule has 1 heterocycles. The summed E-state index contributed by atoms with van der Waals surface area (Å²) in [6.07, 6.45) is -3.55. The number of nitrogen functional groups attached to an aromatic ring is 1. The summed E-state index contributed by atoms with van der Waals surface area (Å²) in [6, 6.07) is 0.803. The zero-order chi connectivity index (χ0) is 12.3. The number of aryl methyl sites for hydroxylation is 1. The first-order chi connectivity index (χ1) is 7.28. The molecule has 1 unspecified atom stereocenters. The first-order valence-electron chi connectivity index (χ1n) is 4.83. The van der Waals surface area contributed by atoms with Crippen molar-refractivity contribution in [2.45, 2.75) is 32.5 Å². The molecular formula is C10H14F3N3. The Bertz CT molecular complexity index is 363. The molecule has 0 spiro atoms. The molecule has 1 aromatic heterocycles. The minimum atomic E-state index is -4.18. The highest BCUT2D eigenvalue weighted by Gasteiger charge is 2.30. The monoisotopic (exact) mass is 233 g/mol. The average Bonchev–Trinajstić information content (AvgIpc) is 2.08. The molecule has 0 aliphatic heterocycles. The van der Waals surface area contributed by atoms with Crippen LogP contribution in [0.4, 0.5) is 24.7 Å². The van der Waals surface area contributed by atoms with Crippen LogP contribution in [0.15, 0.2) is 12.3 Å². The number of nitrogens with zero attached hydrogens (tertiary/aromatic N) is 1. The Kier molecular flexibility index (Phi) is 3.62. The van der Waals surface area contributed by atoms with E-state index in [0.29, 0.717) is 11.5 Å². The van der Waals surface area contributed by atoms with Gasteiger partial charge in [0, 0.05) is 24.0 Å². The fourth-order valence-electron chi connectivity index (χ4n) is 1.27. The molecule has 0 saturated carbocycles. The molecule has 0 aliphatic rings. The van der Waals surface area contributed by atoms with Crippen molar-refractivity contribution in [1.29, 1.82) is 0 Å². The average molecular weight is 233 g/mol. The lowest BCUT2D eigenvalue weighted by molar-refractivity contribution is -0.136. The summed E-state index contributed by atoms with van der Waals surface area (Å²) < 4.78 is 36.2. The van der Waals surface area contributed by atoms with E-state index < -0.39 is 18.6 Å². The van der Waals surface area contributed by atoms with Gasteiger partial charge in [0.15, 0.2) is 0 Å². The summed E-state index contributed by atoms with van der Waals surface area (Å²) in [5.74, 6) is 0.361. The topological polar surface area (TPSA) is 50.9 Å². The quantitative estimate of drug-likeness (QED) is 0.843. The molecule has 1 aromatic rings. The van der Waals surface area contributed by atoms with Crippen LogP contribution in [-0.4, -0.2) is 17.2 Å². The third-order valence-electron chi connectivity index (χ3n) is 2.08. The van der Waals surface area contributed by atoms with Crippen molar-refractivity contribution in [3.8, 4) is 0 Å². The standard InChI is InChI=1S/C10H14F3N3/c1-6-5-15-9(3-8(6)14)16-7(2)4-10(11,12)13/h3,5,7H,4H2,1-2H3,(H3,14,15,16). The predicted octanol–water partition coefficient (Wildman–Crippen LogP) is 2.73. The van der Waals surface area contributed by atoms with Gasteiger partial charge in [0.25, 0.3) is 0 Å². The predicted molar refractivity (Wildman–Crippen MR) is 57.1 cm³/mol. The summed E-state index contributed by atoms with van der Waals surface area (Å²) >= 11 is 0. The normalized spacial score (nSPS) is 13.6. The Balaban J connectivity index is 2.63. The highest BCUT2D eigenvalue weighted by atomic mass is 19.4. The van der Waals surface area contributed by atoms with Crippen LogP contribution in [0.1, 0.15) is 18.9 Å². The molecule has 16 heavy (non-hydrogen) atoms. The van der Waals surface area contributed by atoms with Gasteiger partial charge in [-0.1, -0.05) is 0 Å². The minimum Gasteiger partial charge on any atom is -0.398 e. The number of anilines is 2. The van der Waals surface area contributed by atoms with E-state index in [1.807, 2.05) is 0 Å². The Morgan fingerprint density at radius 1 is 1.50 bits per heavy atom. The van der Waals surface area contributed by atoms with Crippen LogP contribution in [0.3, 0.4) is 0 Å². The Morgan fingerprint density at radius 3 is 2.62 bits per heavy atom. The van der Waals surface area contributed by atoms with E-state index in [0.717, 1.165) is 5.56 Å². The Morgan fingerprint density at radius 2 is 2.12 bits per heavy atom. The SMILES string of the molecule is Cc1cnc(NC(C)CC(F)(F)F)cc1N. The maximum absolute atomic E-state index is 12.1. The van der Waals surface area contributed by atoms with Crippen LogP contribution in [-0.2, 0) is 0 Å². The van der Waals surface area contributed by atoms with Crippen molar-refractivity contribution in [2.75, 3.05) is 11.1 Å². The summed E-state index contributed by atoms with van der Waals surface area (Å²) in [6.45, 7) is 3.23. The lowest BCUT2D eigenvalue weighted by Crippen LogP contribution is -2.24. The highest BCUT2D eigenvalue weighted by Crippen LogP contribution is 2.23. The van der Waals surface area contributed by atoms with Gasteiger partial charge in [-0.3, -0.25) is 0 Å². The van der Waals surface area contributed by atoms with E-state index in [4.69, 9.17) is 5.73 Å². The van der Waals surface area contributed by atoms with E-state index in [1.165, 1.54) is 19.2 Å². The molecule has 0 aliphatic carbocycles. The molecular weight excluding hydrogens is 219 g/mol. The van der Waals surface area contributed by atoms with Gasteiger partial charge in [0.1, 0.15) is 5.82 Å². The van der Waals surface area contributed by atoms with Gasteiger partial charge >= 0.3 is 6.18 Å². The number of pyridine rings is 1. The first-order valence-corrected chi connectivity index (χ1v) is 4.83. The molecule has 0 radical (unpaired) electrons. The number of aromatic nitrogens is 1. The summed E-state index contributed by atoms with van der Waals surface area (Å²) in [4.78, 5) is 3.95. The molecule has 3 N–H and O–H groups in total. The van der Waals surface area contributed by atoms with Crippen LogP contribution >= 0.6 is 0 Å². The number of rotatable bonds is 3. The summed E-state index contributed by atoms with van der Waals surface area (Å²) in [5, 5.41) is 2.66. The molecule has 0 fully saturated rings. The van der Waals surface area contributed by atoms with Crippen LogP contribution in [0.2, 0.25) is 0 Å². The first kappa shape index (κ1) is 12.6. The zero-order valence-electron chi connectivity index (χ0n) is 9.10. The molecule has 0 bridgehead atoms. The second-order valence-corrected chi connectivity index (χ2v) is 3.79. The van der Waals surface area contributed by atoms with E-state index in [2.05, 4.69) is 10.3 Å². The molecule has 90 valence electrons. The smallest absolute Gasteiger partial charge is 0.391 e. The van der Waals surface area contributed by atoms with E-state index >= 15 is 0 Å². The maximum atomic E-state index is 12.1. The molecule has 1 atom stereocenters. The highest BCUT2D eigenvalue weighted by molar-refractivity contribution is 5.53. The maximum Gasteiger partial charge on any atom is 0.391 e. The molecule has 3 nitrogen and oxygen atoms in total. The second-order valence-electron chi connectivity index (χ2n) is 3.79. The van der Waals surface area contributed by atoms with Crippen LogP contribution in [0.25, 0.3) is 0 Å². The molecule has 6 heteroatoms. The van der Waals surface area contributed by atoms with Crippen molar-refractivity contribution in [1.82, 2.24) is 4.98 Å². The van der Waals surface area contributed by atoms with Gasteiger partial charge < -0.3 is 11.1 Å². The number of hydrogen-bond donors (Lipinski definition) is 2. The van der Waals surface area contributed by atoms with Gasteiger partial charge in [0.05, 0.1) is 6.42 Å². The minimum absolute atomic E-state index is 0.361. The van der Waals surface area contributed by atoms with Crippen LogP contribution in [0, 0.1) is 6.92 Å². The van der Waals surface area contributed by atoms with Crippen molar-refractivity contribution in [3.05, 3.63) is 17.8 Å². The van der Waals surface area contributed by atoms with Crippen molar-refractivity contribution in [2.24, 2.45) is 0 Å². The zero-order valence-corrected chi connectivity index (χ0v) is 9.10. The van der Waals surface area contributed by atoms with Gasteiger partial charge in [-0.2, -0.15) is 13.2 Å². The van der Waals surface area contributed by atoms with Gasteiger partial charge in [-0.15, -0.1) is 0 Å². The van der Waals surface area contributed by atoms with Gasteiger partial charge in [-0.25, -0.2) is 4.98 Å². The largest absolute Gasteiger partial charge is 0.398 e. The number of hydrogen-bond acceptors (Lipinski definition) is 3. The fourth-order valence-corrected chi connectivity index (χ4v) is 1.27. The lowest BCUT2D eigenvalue weighted by atomic mass is 10.2. The fraction of sp³-hybridized carbons (Fsp3) is 0.500. The lowest BCUT2D eigenvalue weighted by Gasteiger charge is -2.16. The molecule has 0 amide bonds. The Hall–Kier alpha value is -1.46. The number of halogens is 3.